The van der Waals surface area contributed by atoms with E-state index >= 15 is 0 Å². The van der Waals surface area contributed by atoms with Gasteiger partial charge in [-0.15, -0.1) is 0 Å². The van der Waals surface area contributed by atoms with Crippen molar-refractivity contribution in [3.8, 4) is 17.0 Å². The Morgan fingerprint density at radius 2 is 2.22 bits per heavy atom. The van der Waals surface area contributed by atoms with Gasteiger partial charge < -0.3 is 19.7 Å². The number of carbonyl (C=O) groups excluding carboxylic acids is 1. The smallest absolute Gasteiger partial charge is 0.240 e. The SMILES string of the molecule is COc1cccc(-c2nccc3ccn(CC(=O)N[C@H]4CCC[C@H]4O)c23)c1. The van der Waals surface area contributed by atoms with Crippen LogP contribution in [0.1, 0.15) is 19.3 Å². The molecule has 2 heterocycles. The Labute approximate surface area is 157 Å². The first kappa shape index (κ1) is 17.5. The minimum absolute atomic E-state index is 0.0982. The second kappa shape index (κ2) is 7.40. The van der Waals surface area contributed by atoms with E-state index < -0.39 is 6.10 Å². The van der Waals surface area contributed by atoms with Crippen molar-refractivity contribution < 1.29 is 14.6 Å². The number of aliphatic hydroxyl groups is 1. The maximum atomic E-state index is 12.5. The molecule has 0 saturated heterocycles. The van der Waals surface area contributed by atoms with Crippen LogP contribution in [-0.2, 0) is 11.3 Å². The van der Waals surface area contributed by atoms with Crippen LogP contribution >= 0.6 is 0 Å². The molecule has 0 unspecified atom stereocenters. The molecule has 1 aliphatic rings. The van der Waals surface area contributed by atoms with Crippen LogP contribution in [0.15, 0.2) is 48.8 Å². The Balaban J connectivity index is 1.65. The maximum Gasteiger partial charge on any atom is 0.240 e. The van der Waals surface area contributed by atoms with E-state index in [0.29, 0.717) is 0 Å². The van der Waals surface area contributed by atoms with Gasteiger partial charge in [0.25, 0.3) is 0 Å². The lowest BCUT2D eigenvalue weighted by Crippen LogP contribution is -2.41. The Hall–Kier alpha value is -2.86. The second-order valence-electron chi connectivity index (χ2n) is 6.95. The van der Waals surface area contributed by atoms with Gasteiger partial charge in [-0.05, 0) is 43.5 Å². The number of methoxy groups -OCH3 is 1. The highest BCUT2D eigenvalue weighted by atomic mass is 16.5. The number of carbonyl (C=O) groups is 1. The van der Waals surface area contributed by atoms with Crippen LogP contribution in [-0.4, -0.2) is 39.8 Å². The molecule has 2 atom stereocenters. The van der Waals surface area contributed by atoms with Crippen LogP contribution < -0.4 is 10.1 Å². The van der Waals surface area contributed by atoms with E-state index in [2.05, 4.69) is 10.3 Å². The van der Waals surface area contributed by atoms with Crippen LogP contribution in [0.3, 0.4) is 0 Å². The average molecular weight is 365 g/mol. The molecule has 1 aliphatic carbocycles. The molecule has 0 radical (unpaired) electrons. The predicted octanol–water partition coefficient (Wildman–Crippen LogP) is 2.74. The standard InChI is InChI=1S/C21H23N3O3/c1-27-16-5-2-4-15(12-16)20-21-14(8-10-22-20)9-11-24(21)13-19(26)23-17-6-3-7-18(17)25/h2,4-5,8-12,17-18,25H,3,6-7,13H2,1H3,(H,23,26)/t17-,18+/m0/s1. The number of hydrogen-bond acceptors (Lipinski definition) is 4. The zero-order valence-electron chi connectivity index (χ0n) is 15.3. The van der Waals surface area contributed by atoms with Crippen LogP contribution in [0.2, 0.25) is 0 Å². The van der Waals surface area contributed by atoms with E-state index in [1.807, 2.05) is 47.2 Å². The van der Waals surface area contributed by atoms with Gasteiger partial charge >= 0.3 is 0 Å². The summed E-state index contributed by atoms with van der Waals surface area (Å²) >= 11 is 0. The van der Waals surface area contributed by atoms with Crippen molar-refractivity contribution >= 4 is 16.8 Å². The van der Waals surface area contributed by atoms with Gasteiger partial charge in [0.05, 0.1) is 30.5 Å². The molecule has 1 amide bonds. The molecule has 4 rings (SSSR count). The largest absolute Gasteiger partial charge is 0.497 e. The maximum absolute atomic E-state index is 12.5. The van der Waals surface area contributed by atoms with Crippen molar-refractivity contribution in [2.24, 2.45) is 0 Å². The molecule has 2 aromatic heterocycles. The Bertz CT molecular complexity index is 966. The van der Waals surface area contributed by atoms with E-state index in [1.165, 1.54) is 0 Å². The highest BCUT2D eigenvalue weighted by Crippen LogP contribution is 2.29. The number of hydrogen-bond donors (Lipinski definition) is 2. The van der Waals surface area contributed by atoms with E-state index in [9.17, 15) is 9.90 Å². The third-order valence-electron chi connectivity index (χ3n) is 5.16. The van der Waals surface area contributed by atoms with Crippen LogP contribution in [0.25, 0.3) is 22.2 Å². The highest BCUT2D eigenvalue weighted by molar-refractivity contribution is 5.93. The van der Waals surface area contributed by atoms with Crippen molar-refractivity contribution in [3.63, 3.8) is 0 Å². The molecule has 6 heteroatoms. The van der Waals surface area contributed by atoms with Gasteiger partial charge in [-0.25, -0.2) is 0 Å². The number of aromatic nitrogens is 2. The molecule has 0 bridgehead atoms. The number of benzene rings is 1. The number of amides is 1. The summed E-state index contributed by atoms with van der Waals surface area (Å²) in [4.78, 5) is 17.1. The second-order valence-corrected chi connectivity index (χ2v) is 6.95. The quantitative estimate of drug-likeness (QED) is 0.729. The fourth-order valence-electron chi connectivity index (χ4n) is 3.78. The number of fused-ring (bicyclic) bond motifs is 1. The van der Waals surface area contributed by atoms with E-state index in [4.69, 9.17) is 4.74 Å². The normalized spacial score (nSPS) is 19.3. The van der Waals surface area contributed by atoms with E-state index in [-0.39, 0.29) is 18.5 Å². The minimum atomic E-state index is -0.440. The van der Waals surface area contributed by atoms with Crippen LogP contribution in [0.5, 0.6) is 5.75 Å². The monoisotopic (exact) mass is 365 g/mol. The van der Waals surface area contributed by atoms with Gasteiger partial charge in [0, 0.05) is 23.3 Å². The number of nitrogens with one attached hydrogen (secondary N) is 1. The van der Waals surface area contributed by atoms with Crippen molar-refractivity contribution in [2.45, 2.75) is 38.0 Å². The molecule has 140 valence electrons. The Morgan fingerprint density at radius 3 is 3.00 bits per heavy atom. The van der Waals surface area contributed by atoms with Gasteiger partial charge in [-0.3, -0.25) is 9.78 Å². The topological polar surface area (TPSA) is 76.4 Å². The third-order valence-corrected chi connectivity index (χ3v) is 5.16. The number of nitrogens with zero attached hydrogens (tertiary/aromatic N) is 2. The summed E-state index contributed by atoms with van der Waals surface area (Å²) in [6.45, 7) is 0.190. The zero-order chi connectivity index (χ0) is 18.8. The van der Waals surface area contributed by atoms with Crippen molar-refractivity contribution in [2.75, 3.05) is 7.11 Å². The lowest BCUT2D eigenvalue weighted by molar-refractivity contribution is -0.122. The molecule has 0 spiro atoms. The fraction of sp³-hybridized carbons (Fsp3) is 0.333. The molecule has 3 aromatic rings. The fourth-order valence-corrected chi connectivity index (χ4v) is 3.78. The summed E-state index contributed by atoms with van der Waals surface area (Å²) in [6, 6.07) is 11.5. The molecule has 1 aromatic carbocycles. The van der Waals surface area contributed by atoms with E-state index in [1.54, 1.807) is 13.3 Å². The molecular weight excluding hydrogens is 342 g/mol. The third kappa shape index (κ3) is 3.53. The van der Waals surface area contributed by atoms with Crippen LogP contribution in [0.4, 0.5) is 0 Å². The van der Waals surface area contributed by atoms with Crippen molar-refractivity contribution in [1.82, 2.24) is 14.9 Å². The molecule has 6 nitrogen and oxygen atoms in total. The number of pyridine rings is 1. The number of aliphatic hydroxyl groups excluding tert-OH is 1. The molecule has 2 N–H and O–H groups in total. The molecular formula is C21H23N3O3. The molecule has 1 saturated carbocycles. The number of rotatable bonds is 5. The summed E-state index contributed by atoms with van der Waals surface area (Å²) in [5.74, 6) is 0.663. The van der Waals surface area contributed by atoms with Crippen LogP contribution in [0, 0.1) is 0 Å². The first-order valence-corrected chi connectivity index (χ1v) is 9.21. The summed E-state index contributed by atoms with van der Waals surface area (Å²) in [7, 11) is 1.64. The van der Waals surface area contributed by atoms with Gasteiger partial charge in [0.15, 0.2) is 0 Å². The summed E-state index contributed by atoms with van der Waals surface area (Å²) in [6.07, 6.45) is 5.76. The number of ether oxygens (including phenoxy) is 1. The average Bonchev–Trinajstić information content (AvgIpc) is 3.28. The van der Waals surface area contributed by atoms with Gasteiger partial charge in [-0.2, -0.15) is 0 Å². The van der Waals surface area contributed by atoms with Gasteiger partial charge in [-0.1, -0.05) is 12.1 Å². The minimum Gasteiger partial charge on any atom is -0.497 e. The predicted molar refractivity (Wildman–Crippen MR) is 104 cm³/mol. The Kier molecular flexibility index (Phi) is 4.81. The molecule has 0 aliphatic heterocycles. The highest BCUT2D eigenvalue weighted by Gasteiger charge is 2.26. The summed E-state index contributed by atoms with van der Waals surface area (Å²) in [5, 5.41) is 13.9. The van der Waals surface area contributed by atoms with Gasteiger partial charge in [0.2, 0.25) is 5.91 Å². The zero-order valence-corrected chi connectivity index (χ0v) is 15.3. The first-order chi connectivity index (χ1) is 13.2. The van der Waals surface area contributed by atoms with Crippen molar-refractivity contribution in [3.05, 3.63) is 48.8 Å². The van der Waals surface area contributed by atoms with Crippen molar-refractivity contribution in [1.29, 1.82) is 0 Å². The Morgan fingerprint density at radius 1 is 1.33 bits per heavy atom. The molecule has 1 fully saturated rings. The first-order valence-electron chi connectivity index (χ1n) is 9.21. The lowest BCUT2D eigenvalue weighted by atomic mass is 10.1. The van der Waals surface area contributed by atoms with E-state index in [0.717, 1.165) is 47.2 Å². The molecule has 27 heavy (non-hydrogen) atoms. The summed E-state index contributed by atoms with van der Waals surface area (Å²) < 4.78 is 7.24. The summed E-state index contributed by atoms with van der Waals surface area (Å²) in [5.41, 5.74) is 2.66. The van der Waals surface area contributed by atoms with Gasteiger partial charge in [0.1, 0.15) is 12.3 Å². The lowest BCUT2D eigenvalue weighted by Gasteiger charge is -2.17.